The summed E-state index contributed by atoms with van der Waals surface area (Å²) in [6.45, 7) is -0.484. The third-order valence-corrected chi connectivity index (χ3v) is 6.59. The van der Waals surface area contributed by atoms with Gasteiger partial charge in [0.05, 0.1) is 16.4 Å². The van der Waals surface area contributed by atoms with Crippen LogP contribution in [0.2, 0.25) is 0 Å². The fourth-order valence-corrected chi connectivity index (χ4v) is 5.22. The number of carbonyl (C=O) groups is 3. The van der Waals surface area contributed by atoms with Crippen LogP contribution in [-0.2, 0) is 19.4 Å². The van der Waals surface area contributed by atoms with Crippen molar-refractivity contribution in [3.05, 3.63) is 40.6 Å². The molecule has 0 spiro atoms. The molecule has 2 saturated heterocycles. The molecular weight excluding hydrogens is 383 g/mol. The molecule has 1 N–H and O–H groups in total. The molecule has 1 unspecified atom stereocenters. The van der Waals surface area contributed by atoms with Crippen molar-refractivity contribution in [1.82, 2.24) is 10.2 Å². The van der Waals surface area contributed by atoms with Crippen molar-refractivity contribution in [2.45, 2.75) is 12.5 Å². The van der Waals surface area contributed by atoms with E-state index in [2.05, 4.69) is 5.32 Å². The SMILES string of the molecule is O=C(CN1C(=O)S/C(=C/c2cccc(F)c2)C1=O)NC1CCS(=O)(=O)C1. The van der Waals surface area contributed by atoms with Gasteiger partial charge in [0.2, 0.25) is 5.91 Å². The predicted octanol–water partition coefficient (Wildman–Crippen LogP) is 1.17. The second-order valence-corrected chi connectivity index (χ2v) is 9.21. The number of hydrogen-bond acceptors (Lipinski definition) is 6. The molecule has 3 amide bonds. The molecule has 0 radical (unpaired) electrons. The highest BCUT2D eigenvalue weighted by Gasteiger charge is 2.37. The first-order chi connectivity index (χ1) is 12.2. The van der Waals surface area contributed by atoms with E-state index in [0.29, 0.717) is 23.7 Å². The van der Waals surface area contributed by atoms with Gasteiger partial charge < -0.3 is 5.32 Å². The van der Waals surface area contributed by atoms with E-state index in [1.807, 2.05) is 0 Å². The Bertz CT molecular complexity index is 913. The van der Waals surface area contributed by atoms with Crippen LogP contribution in [0.3, 0.4) is 0 Å². The number of thioether (sulfide) groups is 1. The van der Waals surface area contributed by atoms with Crippen LogP contribution in [0.25, 0.3) is 6.08 Å². The number of nitrogens with zero attached hydrogens (tertiary/aromatic N) is 1. The molecule has 1 atom stereocenters. The van der Waals surface area contributed by atoms with Gasteiger partial charge in [-0.25, -0.2) is 12.8 Å². The van der Waals surface area contributed by atoms with Crippen LogP contribution in [0.15, 0.2) is 29.2 Å². The summed E-state index contributed by atoms with van der Waals surface area (Å²) in [6.07, 6.45) is 1.70. The summed E-state index contributed by atoms with van der Waals surface area (Å²) in [7, 11) is -3.14. The van der Waals surface area contributed by atoms with Gasteiger partial charge in [-0.05, 0) is 42.0 Å². The molecule has 0 saturated carbocycles. The van der Waals surface area contributed by atoms with Crippen molar-refractivity contribution in [3.63, 3.8) is 0 Å². The zero-order chi connectivity index (χ0) is 18.9. The van der Waals surface area contributed by atoms with E-state index < -0.39 is 45.3 Å². The Hall–Kier alpha value is -2.20. The Morgan fingerprint density at radius 3 is 2.81 bits per heavy atom. The lowest BCUT2D eigenvalue weighted by Gasteiger charge is -2.15. The molecule has 1 aromatic carbocycles. The molecule has 10 heteroatoms. The summed E-state index contributed by atoms with van der Waals surface area (Å²) in [5.41, 5.74) is 0.427. The number of halogens is 1. The van der Waals surface area contributed by atoms with Gasteiger partial charge in [-0.3, -0.25) is 19.3 Å². The summed E-state index contributed by atoms with van der Waals surface area (Å²) < 4.78 is 36.0. The lowest BCUT2D eigenvalue weighted by Crippen LogP contribution is -2.43. The van der Waals surface area contributed by atoms with Crippen LogP contribution in [0.5, 0.6) is 0 Å². The Morgan fingerprint density at radius 2 is 2.15 bits per heavy atom. The molecule has 0 bridgehead atoms. The van der Waals surface area contributed by atoms with E-state index in [0.717, 1.165) is 4.90 Å². The van der Waals surface area contributed by atoms with Crippen molar-refractivity contribution >= 4 is 44.7 Å². The average Bonchev–Trinajstić information content (AvgIpc) is 3.01. The largest absolute Gasteiger partial charge is 0.351 e. The van der Waals surface area contributed by atoms with Gasteiger partial charge in [0, 0.05) is 6.04 Å². The van der Waals surface area contributed by atoms with Gasteiger partial charge in [-0.2, -0.15) is 0 Å². The Kier molecular flexibility index (Phi) is 5.15. The summed E-state index contributed by atoms with van der Waals surface area (Å²) in [5.74, 6) is -1.83. The van der Waals surface area contributed by atoms with Crippen LogP contribution in [-0.4, -0.2) is 54.5 Å². The molecule has 0 aromatic heterocycles. The van der Waals surface area contributed by atoms with Gasteiger partial charge >= 0.3 is 0 Å². The third kappa shape index (κ3) is 4.31. The Labute approximate surface area is 153 Å². The number of nitrogens with one attached hydrogen (secondary N) is 1. The summed E-state index contributed by atoms with van der Waals surface area (Å²) in [5, 5.41) is 1.93. The van der Waals surface area contributed by atoms with E-state index in [1.54, 1.807) is 6.07 Å². The predicted molar refractivity (Wildman–Crippen MR) is 94.3 cm³/mol. The number of carbonyl (C=O) groups excluding carboxylic acids is 3. The number of amides is 3. The third-order valence-electron chi connectivity index (χ3n) is 3.92. The highest BCUT2D eigenvalue weighted by molar-refractivity contribution is 8.18. The molecular formula is C16H15FN2O5S2. The summed E-state index contributed by atoms with van der Waals surface area (Å²) in [6, 6.07) is 5.05. The van der Waals surface area contributed by atoms with Crippen molar-refractivity contribution in [2.75, 3.05) is 18.1 Å². The smallest absolute Gasteiger partial charge is 0.294 e. The minimum atomic E-state index is -3.14. The van der Waals surface area contributed by atoms with Crippen LogP contribution in [0.1, 0.15) is 12.0 Å². The molecule has 2 fully saturated rings. The maximum atomic E-state index is 13.2. The maximum Gasteiger partial charge on any atom is 0.294 e. The zero-order valence-electron chi connectivity index (χ0n) is 13.5. The van der Waals surface area contributed by atoms with E-state index in [-0.39, 0.29) is 16.4 Å². The molecule has 1 aromatic rings. The summed E-state index contributed by atoms with van der Waals surface area (Å²) >= 11 is 0.667. The highest BCUT2D eigenvalue weighted by atomic mass is 32.2. The summed E-state index contributed by atoms with van der Waals surface area (Å²) in [4.78, 5) is 37.2. The van der Waals surface area contributed by atoms with Crippen molar-refractivity contribution < 1.29 is 27.2 Å². The van der Waals surface area contributed by atoms with E-state index in [4.69, 9.17) is 0 Å². The molecule has 2 heterocycles. The van der Waals surface area contributed by atoms with Crippen LogP contribution in [0, 0.1) is 5.82 Å². The Balaban J connectivity index is 1.65. The first-order valence-corrected chi connectivity index (χ1v) is 10.4. The molecule has 3 rings (SSSR count). The van der Waals surface area contributed by atoms with Crippen LogP contribution in [0.4, 0.5) is 9.18 Å². The van der Waals surface area contributed by atoms with Gasteiger partial charge in [0.1, 0.15) is 12.4 Å². The molecule has 2 aliphatic heterocycles. The first kappa shape index (κ1) is 18.6. The monoisotopic (exact) mass is 398 g/mol. The van der Waals surface area contributed by atoms with Gasteiger partial charge in [-0.1, -0.05) is 12.1 Å². The fraction of sp³-hybridized carbons (Fsp3) is 0.312. The lowest BCUT2D eigenvalue weighted by atomic mass is 10.2. The number of rotatable bonds is 4. The van der Waals surface area contributed by atoms with Gasteiger partial charge in [0.15, 0.2) is 9.84 Å². The molecule has 26 heavy (non-hydrogen) atoms. The quantitative estimate of drug-likeness (QED) is 0.764. The first-order valence-electron chi connectivity index (χ1n) is 7.74. The standard InChI is InChI=1S/C16H15FN2O5S2/c17-11-3-1-2-10(6-11)7-13-15(21)19(16(22)25-13)8-14(20)18-12-4-5-26(23,24)9-12/h1-3,6-7,12H,4-5,8-9H2,(H,18,20)/b13-7+. The van der Waals surface area contributed by atoms with Crippen LogP contribution < -0.4 is 5.32 Å². The molecule has 2 aliphatic rings. The Morgan fingerprint density at radius 1 is 1.38 bits per heavy atom. The zero-order valence-corrected chi connectivity index (χ0v) is 15.1. The molecule has 7 nitrogen and oxygen atoms in total. The van der Waals surface area contributed by atoms with E-state index in [1.165, 1.54) is 24.3 Å². The van der Waals surface area contributed by atoms with E-state index >= 15 is 0 Å². The maximum absolute atomic E-state index is 13.2. The van der Waals surface area contributed by atoms with Crippen LogP contribution >= 0.6 is 11.8 Å². The van der Waals surface area contributed by atoms with Crippen molar-refractivity contribution in [2.24, 2.45) is 0 Å². The lowest BCUT2D eigenvalue weighted by molar-refractivity contribution is -0.129. The normalized spacial score (nSPS) is 23.7. The van der Waals surface area contributed by atoms with Gasteiger partial charge in [-0.15, -0.1) is 0 Å². The second-order valence-electron chi connectivity index (χ2n) is 5.99. The number of sulfone groups is 1. The number of benzene rings is 1. The highest BCUT2D eigenvalue weighted by Crippen LogP contribution is 2.32. The number of hydrogen-bond donors (Lipinski definition) is 1. The minimum absolute atomic E-state index is 0.00982. The number of imide groups is 1. The topological polar surface area (TPSA) is 101 Å². The molecule has 0 aliphatic carbocycles. The average molecular weight is 398 g/mol. The van der Waals surface area contributed by atoms with E-state index in [9.17, 15) is 27.2 Å². The van der Waals surface area contributed by atoms with Crippen molar-refractivity contribution in [3.8, 4) is 0 Å². The molecule has 138 valence electrons. The second kappa shape index (κ2) is 7.20. The van der Waals surface area contributed by atoms with Gasteiger partial charge in [0.25, 0.3) is 11.1 Å². The van der Waals surface area contributed by atoms with Crippen molar-refractivity contribution in [1.29, 1.82) is 0 Å². The fourth-order valence-electron chi connectivity index (χ4n) is 2.71. The minimum Gasteiger partial charge on any atom is -0.351 e.